The predicted molar refractivity (Wildman–Crippen MR) is 323 cm³/mol. The Morgan fingerprint density at radius 2 is 1.44 bits per heavy atom. The topological polar surface area (TPSA) is 293 Å². The summed E-state index contributed by atoms with van der Waals surface area (Å²) in [5.41, 5.74) is 6.14. The zero-order chi connectivity index (χ0) is 63.0. The summed E-state index contributed by atoms with van der Waals surface area (Å²) >= 11 is 1.98. The molecular formula is C60H83F3IN9O13. The van der Waals surface area contributed by atoms with E-state index in [0.717, 1.165) is 23.8 Å². The van der Waals surface area contributed by atoms with Crippen LogP contribution in [-0.4, -0.2) is 163 Å². The summed E-state index contributed by atoms with van der Waals surface area (Å²) in [7, 11) is 0. The largest absolute Gasteiger partial charge is 0.445 e. The minimum Gasteiger partial charge on any atom is -0.445 e. The number of Topliss-reactive ketones (excluding diaryl/α,β-unsaturated/α-hetero) is 1. The molecule has 0 bridgehead atoms. The molecule has 8 N–H and O–H groups in total. The first-order chi connectivity index (χ1) is 41.1. The van der Waals surface area contributed by atoms with Crippen molar-refractivity contribution in [3.05, 3.63) is 108 Å². The maximum atomic E-state index is 15.2. The van der Waals surface area contributed by atoms with Gasteiger partial charge in [0.05, 0.1) is 81.1 Å². The third kappa shape index (κ3) is 26.1. The molecular weight excluding hydrogens is 1240 g/mol. The van der Waals surface area contributed by atoms with Crippen LogP contribution in [0.1, 0.15) is 89.7 Å². The lowest BCUT2D eigenvalue weighted by atomic mass is 9.84. The van der Waals surface area contributed by atoms with Gasteiger partial charge in [-0.25, -0.2) is 27.7 Å². The van der Waals surface area contributed by atoms with Gasteiger partial charge in [-0.3, -0.25) is 24.0 Å². The summed E-state index contributed by atoms with van der Waals surface area (Å²) in [6, 6.07) is 14.9. The molecule has 26 heteroatoms. The fraction of sp³-hybridized carbons (Fsp3) is 0.533. The van der Waals surface area contributed by atoms with Crippen LogP contribution in [0.2, 0.25) is 0 Å². The van der Waals surface area contributed by atoms with Gasteiger partial charge in [-0.2, -0.15) is 0 Å². The van der Waals surface area contributed by atoms with Crippen molar-refractivity contribution in [3.8, 4) is 11.3 Å². The van der Waals surface area contributed by atoms with E-state index < -0.39 is 84.2 Å². The molecule has 7 amide bonds. The lowest BCUT2D eigenvalue weighted by molar-refractivity contribution is -0.140. The van der Waals surface area contributed by atoms with Crippen molar-refractivity contribution >= 4 is 69.8 Å². The summed E-state index contributed by atoms with van der Waals surface area (Å²) in [6.45, 7) is 9.89. The van der Waals surface area contributed by atoms with E-state index in [1.165, 1.54) is 4.90 Å². The molecule has 86 heavy (non-hydrogen) atoms. The van der Waals surface area contributed by atoms with Crippen LogP contribution in [0.3, 0.4) is 0 Å². The number of amides is 7. The number of alkyl carbamates (subject to hydrolysis) is 1. The van der Waals surface area contributed by atoms with Crippen molar-refractivity contribution in [2.24, 2.45) is 23.0 Å². The molecule has 0 radical (unpaired) electrons. The number of nitrogens with two attached hydrogens (primary N) is 1. The third-order valence-electron chi connectivity index (χ3n) is 13.3. The van der Waals surface area contributed by atoms with E-state index in [4.69, 9.17) is 34.4 Å². The monoisotopic (exact) mass is 1320 g/mol. The van der Waals surface area contributed by atoms with Crippen LogP contribution in [0.4, 0.5) is 28.4 Å². The second-order valence-corrected chi connectivity index (χ2v) is 22.3. The summed E-state index contributed by atoms with van der Waals surface area (Å²) in [6.07, 6.45) is 0.708. The smallest absolute Gasteiger partial charge is 0.407 e. The van der Waals surface area contributed by atoms with Crippen LogP contribution in [0.15, 0.2) is 79.0 Å². The SMILES string of the molecule is CC(C)[C@H](NC(=O)CCOCCOCCOCCOCCNC(=O)CI)C(=O)C[C@@H](CCCNC(N)=O)C(=O)Nc1ccc(COC(=O)N[C@H](CF)CCN(C(=O)CO)[C@@H](c2nc(-c3cc(F)ccc3F)cn2Cc2ccccc2)C(C)(C)C)cc1. The van der Waals surface area contributed by atoms with E-state index >= 15 is 4.39 Å². The first-order valence-electron chi connectivity index (χ1n) is 28.5. The van der Waals surface area contributed by atoms with Crippen LogP contribution in [0.5, 0.6) is 0 Å². The van der Waals surface area contributed by atoms with Gasteiger partial charge in [-0.15, -0.1) is 0 Å². The molecule has 0 spiro atoms. The van der Waals surface area contributed by atoms with E-state index in [1.807, 2.05) is 73.7 Å². The highest BCUT2D eigenvalue weighted by Crippen LogP contribution is 2.40. The Labute approximate surface area is 514 Å². The van der Waals surface area contributed by atoms with Gasteiger partial charge < -0.3 is 70.6 Å². The normalized spacial score (nSPS) is 12.8. The van der Waals surface area contributed by atoms with Gasteiger partial charge in [-0.05, 0) is 72.1 Å². The van der Waals surface area contributed by atoms with Gasteiger partial charge in [0.15, 0.2) is 5.78 Å². The Kier molecular flexibility index (Phi) is 32.1. The van der Waals surface area contributed by atoms with Gasteiger partial charge in [0.2, 0.25) is 23.6 Å². The standard InChI is InChI=1S/C60H83F3IN9O13/c1-40(2)54(71-51(76)20-24-82-26-28-84-30-31-85-29-27-83-25-22-66-52(77)35-64)50(75)32-43(12-9-21-67-58(65)80)57(79)68-45-16-13-42(14-17-45)39-86-59(81)69-46(34-61)19-23-73(53(78)38-74)55(60(3,4)5)56-70-49(47-33-44(62)15-18-48(47)63)37-72(56)36-41-10-7-6-8-11-41/h6-8,10-11,13-18,33,37,40,43,46,54-55,74H,9,12,19-32,34-36,38-39H2,1-5H3,(H,66,77)(H,68,79)(H,69,81)(H,71,76)(H3,65,67,80)/t43-,46+,54+,55+/m1/s1. The van der Waals surface area contributed by atoms with Gasteiger partial charge in [0.1, 0.15) is 37.3 Å². The number of ether oxygens (including phenoxy) is 5. The first-order valence-corrected chi connectivity index (χ1v) is 30.0. The number of aliphatic hydroxyl groups excluding tert-OH is 1. The number of benzene rings is 3. The Hall–Kier alpha value is -6.72. The summed E-state index contributed by atoms with van der Waals surface area (Å²) in [5.74, 6) is -4.35. The van der Waals surface area contributed by atoms with E-state index in [-0.39, 0.29) is 101 Å². The Morgan fingerprint density at radius 3 is 2.05 bits per heavy atom. The summed E-state index contributed by atoms with van der Waals surface area (Å²) < 4.78 is 73.7. The molecule has 4 aromatic rings. The van der Waals surface area contributed by atoms with Gasteiger partial charge in [0.25, 0.3) is 0 Å². The number of hydrogen-bond donors (Lipinski definition) is 7. The second kappa shape index (κ2) is 38.4. The van der Waals surface area contributed by atoms with Crippen LogP contribution in [0, 0.1) is 28.9 Å². The lowest BCUT2D eigenvalue weighted by Crippen LogP contribution is -2.46. The number of urea groups is 1. The predicted octanol–water partition coefficient (Wildman–Crippen LogP) is 6.55. The number of imidazole rings is 1. The number of ketones is 1. The molecule has 4 atom stereocenters. The minimum atomic E-state index is -1.15. The molecule has 0 saturated heterocycles. The Bertz CT molecular complexity index is 2760. The summed E-state index contributed by atoms with van der Waals surface area (Å²) in [5, 5.41) is 23.5. The van der Waals surface area contributed by atoms with Crippen molar-refractivity contribution in [3.63, 3.8) is 0 Å². The average Bonchev–Trinajstić information content (AvgIpc) is 2.08. The van der Waals surface area contributed by atoms with Gasteiger partial charge >= 0.3 is 12.1 Å². The van der Waals surface area contributed by atoms with E-state index in [9.17, 15) is 47.4 Å². The number of carbonyl (C=O) groups excluding carboxylic acids is 7. The summed E-state index contributed by atoms with van der Waals surface area (Å²) in [4.78, 5) is 96.0. The zero-order valence-electron chi connectivity index (χ0n) is 49.5. The minimum absolute atomic E-state index is 0.0267. The average molecular weight is 1320 g/mol. The van der Waals surface area contributed by atoms with Crippen LogP contribution < -0.4 is 32.3 Å². The molecule has 22 nitrogen and oxygen atoms in total. The number of primary amides is 1. The number of nitrogens with one attached hydrogen (secondary N) is 5. The maximum Gasteiger partial charge on any atom is 0.407 e. The van der Waals surface area contributed by atoms with Crippen molar-refractivity contribution < 1.29 is 75.5 Å². The number of halogens is 4. The Balaban J connectivity index is 1.30. The van der Waals surface area contributed by atoms with E-state index in [0.29, 0.717) is 67.5 Å². The molecule has 3 aromatic carbocycles. The van der Waals surface area contributed by atoms with Crippen molar-refractivity contribution in [1.29, 1.82) is 0 Å². The van der Waals surface area contributed by atoms with E-state index in [2.05, 4.69) is 26.6 Å². The number of aromatic nitrogens is 2. The van der Waals surface area contributed by atoms with Crippen molar-refractivity contribution in [2.45, 2.75) is 98.0 Å². The lowest BCUT2D eigenvalue weighted by Gasteiger charge is -2.40. The highest BCUT2D eigenvalue weighted by Gasteiger charge is 2.39. The van der Waals surface area contributed by atoms with Gasteiger partial charge in [0, 0.05) is 62.4 Å². The molecule has 0 aliphatic rings. The number of hydrogen-bond acceptors (Lipinski definition) is 14. The third-order valence-corrected chi connectivity index (χ3v) is 14.0. The fourth-order valence-corrected chi connectivity index (χ4v) is 9.26. The number of rotatable bonds is 40. The van der Waals surface area contributed by atoms with Gasteiger partial charge in [-0.1, -0.05) is 99.7 Å². The van der Waals surface area contributed by atoms with Crippen molar-refractivity contribution in [2.75, 3.05) is 95.5 Å². The fourth-order valence-electron chi connectivity index (χ4n) is 8.99. The second-order valence-electron chi connectivity index (χ2n) is 21.6. The number of anilines is 1. The highest BCUT2D eigenvalue weighted by atomic mass is 127. The highest BCUT2D eigenvalue weighted by molar-refractivity contribution is 14.1. The zero-order valence-corrected chi connectivity index (χ0v) is 51.7. The number of aliphatic hydroxyl groups is 1. The molecule has 0 aliphatic carbocycles. The Morgan fingerprint density at radius 1 is 0.791 bits per heavy atom. The molecule has 4 rings (SSSR count). The quantitative estimate of drug-likeness (QED) is 0.0141. The molecule has 0 unspecified atom stereocenters. The molecule has 0 fully saturated rings. The number of carbonyl (C=O) groups is 7. The molecule has 1 heterocycles. The molecule has 474 valence electrons. The van der Waals surface area contributed by atoms with Crippen molar-refractivity contribution in [1.82, 2.24) is 35.7 Å². The maximum absolute atomic E-state index is 15.2. The first kappa shape index (κ1) is 71.8. The van der Waals surface area contributed by atoms with Crippen LogP contribution in [-0.2, 0) is 60.8 Å². The number of nitrogens with zero attached hydrogens (tertiary/aromatic N) is 3. The van der Waals surface area contributed by atoms with Crippen LogP contribution in [0.25, 0.3) is 11.3 Å². The molecule has 0 aliphatic heterocycles. The molecule has 0 saturated carbocycles. The number of alkyl halides is 2. The van der Waals surface area contributed by atoms with Crippen LogP contribution >= 0.6 is 22.6 Å². The molecule has 1 aromatic heterocycles. The van der Waals surface area contributed by atoms with E-state index in [1.54, 1.807) is 48.9 Å².